The minimum atomic E-state index is -0.424. The van der Waals surface area contributed by atoms with Crippen LogP contribution in [0, 0.1) is 5.41 Å². The summed E-state index contributed by atoms with van der Waals surface area (Å²) < 4.78 is 7.37. The van der Waals surface area contributed by atoms with Crippen molar-refractivity contribution in [2.75, 3.05) is 32.7 Å². The highest BCUT2D eigenvalue weighted by Crippen LogP contribution is 2.43. The van der Waals surface area contributed by atoms with Gasteiger partial charge in [0.1, 0.15) is 18.8 Å². The Morgan fingerprint density at radius 2 is 1.90 bits per heavy atom. The number of rotatable bonds is 4. The second kappa shape index (κ2) is 7.83. The number of piperidine rings is 1. The first-order valence-corrected chi connectivity index (χ1v) is 10.8. The highest BCUT2D eigenvalue weighted by Gasteiger charge is 2.51. The number of hydrogen-bond acceptors (Lipinski definition) is 6. The number of cyclic esters (lactones) is 1. The first-order valence-electron chi connectivity index (χ1n) is 10.8. The maximum Gasteiger partial charge on any atom is 0.312 e. The summed E-state index contributed by atoms with van der Waals surface area (Å²) in [6, 6.07) is 7.43. The molecular formula is C22H27N5O3. The van der Waals surface area contributed by atoms with Crippen molar-refractivity contribution in [3.63, 3.8) is 0 Å². The molecule has 8 nitrogen and oxygen atoms in total. The molecule has 0 N–H and O–H groups in total. The number of benzene rings is 1. The molecule has 0 aliphatic carbocycles. The van der Waals surface area contributed by atoms with Gasteiger partial charge in [0.05, 0.1) is 16.7 Å². The van der Waals surface area contributed by atoms with Gasteiger partial charge in [-0.15, -0.1) is 0 Å². The molecule has 1 unspecified atom stereocenters. The molecule has 0 bridgehead atoms. The first-order chi connectivity index (χ1) is 14.6. The Morgan fingerprint density at radius 1 is 1.13 bits per heavy atom. The van der Waals surface area contributed by atoms with Gasteiger partial charge in [0.2, 0.25) is 0 Å². The van der Waals surface area contributed by atoms with E-state index in [1.807, 2.05) is 29.2 Å². The average molecular weight is 409 g/mol. The van der Waals surface area contributed by atoms with Crippen LogP contribution in [-0.2, 0) is 9.53 Å². The van der Waals surface area contributed by atoms with Crippen molar-refractivity contribution >= 4 is 11.9 Å². The molecule has 158 valence electrons. The van der Waals surface area contributed by atoms with Crippen LogP contribution in [0.5, 0.6) is 0 Å². The minimum Gasteiger partial charge on any atom is -0.461 e. The van der Waals surface area contributed by atoms with E-state index >= 15 is 0 Å². The number of aromatic nitrogens is 3. The van der Waals surface area contributed by atoms with Crippen LogP contribution in [0.2, 0.25) is 0 Å². The largest absolute Gasteiger partial charge is 0.461 e. The fraction of sp³-hybridized carbons (Fsp3) is 0.545. The maximum atomic E-state index is 13.2. The fourth-order valence-electron chi connectivity index (χ4n) is 5.10. The molecule has 4 heterocycles. The van der Waals surface area contributed by atoms with Crippen molar-refractivity contribution in [1.82, 2.24) is 24.6 Å². The second-order valence-electron chi connectivity index (χ2n) is 8.67. The quantitative estimate of drug-likeness (QED) is 0.718. The lowest BCUT2D eigenvalue weighted by molar-refractivity contribution is -0.150. The van der Waals surface area contributed by atoms with Crippen molar-refractivity contribution in [3.05, 3.63) is 42.5 Å². The van der Waals surface area contributed by atoms with E-state index in [1.165, 1.54) is 19.2 Å². The zero-order valence-electron chi connectivity index (χ0n) is 17.1. The molecular weight excluding hydrogens is 382 g/mol. The molecule has 1 aromatic carbocycles. The van der Waals surface area contributed by atoms with Gasteiger partial charge in [0.15, 0.2) is 0 Å². The van der Waals surface area contributed by atoms with E-state index in [4.69, 9.17) is 4.74 Å². The lowest BCUT2D eigenvalue weighted by Crippen LogP contribution is -2.45. The first kappa shape index (κ1) is 19.2. The summed E-state index contributed by atoms with van der Waals surface area (Å²) in [7, 11) is 0. The van der Waals surface area contributed by atoms with Crippen molar-refractivity contribution in [2.45, 2.75) is 38.2 Å². The van der Waals surface area contributed by atoms with E-state index in [9.17, 15) is 9.59 Å². The number of likely N-dealkylation sites (tertiary alicyclic amines) is 2. The molecule has 3 aliphatic heterocycles. The van der Waals surface area contributed by atoms with Crippen LogP contribution in [0.25, 0.3) is 5.69 Å². The Labute approximate surface area is 175 Å². The smallest absolute Gasteiger partial charge is 0.312 e. The van der Waals surface area contributed by atoms with Gasteiger partial charge in [-0.05, 0) is 50.9 Å². The molecule has 3 fully saturated rings. The topological polar surface area (TPSA) is 80.6 Å². The summed E-state index contributed by atoms with van der Waals surface area (Å²) in [5, 5.41) is 4.16. The number of ether oxygens (including phenoxy) is 1. The van der Waals surface area contributed by atoms with Crippen LogP contribution < -0.4 is 0 Å². The van der Waals surface area contributed by atoms with Gasteiger partial charge in [-0.3, -0.25) is 14.5 Å². The Kier molecular flexibility index (Phi) is 5.02. The van der Waals surface area contributed by atoms with Crippen molar-refractivity contribution in [1.29, 1.82) is 0 Å². The van der Waals surface area contributed by atoms with E-state index in [1.54, 1.807) is 11.0 Å². The van der Waals surface area contributed by atoms with Gasteiger partial charge in [-0.2, -0.15) is 5.10 Å². The van der Waals surface area contributed by atoms with Gasteiger partial charge in [0.25, 0.3) is 5.91 Å². The number of hydrogen-bond donors (Lipinski definition) is 0. The molecule has 2 aromatic rings. The maximum absolute atomic E-state index is 13.2. The molecule has 1 spiro atoms. The fourth-order valence-corrected chi connectivity index (χ4v) is 5.10. The highest BCUT2D eigenvalue weighted by molar-refractivity contribution is 5.98. The Hall–Kier alpha value is -2.74. The third-order valence-electron chi connectivity index (χ3n) is 6.79. The van der Waals surface area contributed by atoms with Crippen LogP contribution in [0.4, 0.5) is 0 Å². The summed E-state index contributed by atoms with van der Waals surface area (Å²) in [6.07, 6.45) is 7.62. The van der Waals surface area contributed by atoms with Crippen molar-refractivity contribution < 1.29 is 14.3 Å². The van der Waals surface area contributed by atoms with E-state index in [2.05, 4.69) is 15.0 Å². The molecule has 1 atom stereocenters. The number of carbonyl (C=O) groups excluding carboxylic acids is 2. The molecule has 8 heteroatoms. The SMILES string of the molecule is O=C(c1ccccc1-n1cncn1)N1CCC2(CC1)CC(CN1CCCC1)OC2=O. The number of esters is 1. The molecule has 1 aromatic heterocycles. The Balaban J connectivity index is 1.25. The molecule has 5 rings (SSSR count). The predicted octanol–water partition coefficient (Wildman–Crippen LogP) is 1.90. The van der Waals surface area contributed by atoms with E-state index in [0.29, 0.717) is 37.2 Å². The van der Waals surface area contributed by atoms with Crippen LogP contribution in [-0.4, -0.2) is 75.3 Å². The number of para-hydroxylation sites is 1. The molecule has 0 radical (unpaired) electrons. The van der Waals surface area contributed by atoms with Crippen molar-refractivity contribution in [2.24, 2.45) is 5.41 Å². The summed E-state index contributed by atoms with van der Waals surface area (Å²) in [4.78, 5) is 34.2. The Morgan fingerprint density at radius 3 is 2.63 bits per heavy atom. The molecule has 30 heavy (non-hydrogen) atoms. The second-order valence-corrected chi connectivity index (χ2v) is 8.67. The van der Waals surface area contributed by atoms with E-state index in [0.717, 1.165) is 26.1 Å². The van der Waals surface area contributed by atoms with Gasteiger partial charge in [0, 0.05) is 26.1 Å². The zero-order chi connectivity index (χ0) is 20.6. The van der Waals surface area contributed by atoms with Gasteiger partial charge < -0.3 is 9.64 Å². The summed E-state index contributed by atoms with van der Waals surface area (Å²) >= 11 is 0. The highest BCUT2D eigenvalue weighted by atomic mass is 16.6. The van der Waals surface area contributed by atoms with Gasteiger partial charge in [-0.1, -0.05) is 12.1 Å². The van der Waals surface area contributed by atoms with Crippen LogP contribution in [0.3, 0.4) is 0 Å². The molecule has 0 saturated carbocycles. The van der Waals surface area contributed by atoms with Crippen molar-refractivity contribution in [3.8, 4) is 5.69 Å². The molecule has 3 aliphatic rings. The molecule has 1 amide bonds. The number of nitrogens with zero attached hydrogens (tertiary/aromatic N) is 5. The van der Waals surface area contributed by atoms with E-state index < -0.39 is 5.41 Å². The number of carbonyl (C=O) groups is 2. The van der Waals surface area contributed by atoms with E-state index in [-0.39, 0.29) is 18.0 Å². The summed E-state index contributed by atoms with van der Waals surface area (Å²) in [5.41, 5.74) is 0.887. The third-order valence-corrected chi connectivity index (χ3v) is 6.79. The number of amides is 1. The summed E-state index contributed by atoms with van der Waals surface area (Å²) in [5.74, 6) is -0.0993. The lowest BCUT2D eigenvalue weighted by atomic mass is 9.76. The monoisotopic (exact) mass is 409 g/mol. The third kappa shape index (κ3) is 3.49. The summed E-state index contributed by atoms with van der Waals surface area (Å²) in [6.45, 7) is 4.19. The van der Waals surface area contributed by atoms with Crippen LogP contribution >= 0.6 is 0 Å². The minimum absolute atomic E-state index is 0.00843. The van der Waals surface area contributed by atoms with Gasteiger partial charge in [-0.25, -0.2) is 9.67 Å². The van der Waals surface area contributed by atoms with Crippen LogP contribution in [0.1, 0.15) is 42.5 Å². The standard InChI is InChI=1S/C22H27N5O3/c28-20(18-5-1-2-6-19(18)27-16-23-15-24-27)26-11-7-22(8-12-26)13-17(30-21(22)29)14-25-9-3-4-10-25/h1-2,5-6,15-17H,3-4,7-14H2. The predicted molar refractivity (Wildman–Crippen MR) is 109 cm³/mol. The van der Waals surface area contributed by atoms with Gasteiger partial charge >= 0.3 is 5.97 Å². The van der Waals surface area contributed by atoms with Crippen LogP contribution in [0.15, 0.2) is 36.9 Å². The lowest BCUT2D eigenvalue weighted by Gasteiger charge is -2.36. The normalized spacial score (nSPS) is 23.8. The zero-order valence-corrected chi connectivity index (χ0v) is 17.1. The average Bonchev–Trinajstić information content (AvgIpc) is 3.52. The molecule has 3 saturated heterocycles. The Bertz CT molecular complexity index is 915.